The maximum Gasteiger partial charge on any atom is -0.0305 e. The Kier molecular flexibility index (Phi) is 21.2. The minimum absolute atomic E-state index is 0. The number of benzene rings is 2. The van der Waals surface area contributed by atoms with E-state index in [0.717, 1.165) is 12.8 Å². The van der Waals surface area contributed by atoms with Crippen LogP contribution < -0.4 is 0 Å². The maximum atomic E-state index is 2.21. The van der Waals surface area contributed by atoms with E-state index < -0.39 is 0 Å². The molecular weight excluding hydrogens is 276 g/mol. The molecule has 0 amide bonds. The lowest BCUT2D eigenvalue weighted by Crippen LogP contribution is -1.88. The van der Waals surface area contributed by atoms with Gasteiger partial charge in [-0.15, -0.1) is 0 Å². The van der Waals surface area contributed by atoms with Gasteiger partial charge in [0.05, 0.1) is 0 Å². The summed E-state index contributed by atoms with van der Waals surface area (Å²) in [6.45, 7) is 16.6. The first-order valence-electron chi connectivity index (χ1n) is 8.78. The summed E-state index contributed by atoms with van der Waals surface area (Å²) in [5.74, 6) is 0. The van der Waals surface area contributed by atoms with E-state index in [1.807, 2.05) is 27.7 Å². The van der Waals surface area contributed by atoms with Gasteiger partial charge in [0.2, 0.25) is 0 Å². The molecule has 0 radical (unpaired) electrons. The van der Waals surface area contributed by atoms with Gasteiger partial charge in [0.1, 0.15) is 0 Å². The molecule has 2 aromatic rings. The third kappa shape index (κ3) is 11.6. The van der Waals surface area contributed by atoms with Crippen LogP contribution in [0.5, 0.6) is 0 Å². The van der Waals surface area contributed by atoms with Gasteiger partial charge in [0.25, 0.3) is 0 Å². The Morgan fingerprint density at radius 1 is 0.565 bits per heavy atom. The van der Waals surface area contributed by atoms with Crippen LogP contribution in [0.4, 0.5) is 0 Å². The third-order valence-electron chi connectivity index (χ3n) is 3.31. The predicted octanol–water partition coefficient (Wildman–Crippen LogP) is 7.80. The van der Waals surface area contributed by atoms with Crippen LogP contribution >= 0.6 is 0 Å². The van der Waals surface area contributed by atoms with Crippen LogP contribution in [-0.2, 0) is 12.8 Å². The van der Waals surface area contributed by atoms with Crippen molar-refractivity contribution in [1.82, 2.24) is 0 Å². The molecule has 0 aliphatic rings. The van der Waals surface area contributed by atoms with E-state index in [1.54, 1.807) is 0 Å². The van der Waals surface area contributed by atoms with E-state index in [2.05, 4.69) is 76.2 Å². The normalized spacial score (nSPS) is 8.00. The predicted molar refractivity (Wildman–Crippen MR) is 111 cm³/mol. The summed E-state index contributed by atoms with van der Waals surface area (Å²) in [6, 6.07) is 17.0. The molecule has 0 saturated carbocycles. The fourth-order valence-corrected chi connectivity index (χ4v) is 1.91. The smallest absolute Gasteiger partial charge is 0.0305 e. The van der Waals surface area contributed by atoms with Crippen LogP contribution in [0.25, 0.3) is 0 Å². The Balaban J connectivity index is -0.000000280. The minimum atomic E-state index is 0. The monoisotopic (exact) mass is 316 g/mol. The molecule has 0 fully saturated rings. The Morgan fingerprint density at radius 3 is 1.04 bits per heavy atom. The van der Waals surface area contributed by atoms with Crippen molar-refractivity contribution in [2.75, 3.05) is 0 Å². The SMILES string of the molecule is C.CC.CC.CCc1ccccc1CC.Cc1ccccc1C. The lowest BCUT2D eigenvalue weighted by molar-refractivity contribution is 1.04. The summed E-state index contributed by atoms with van der Waals surface area (Å²) in [6.07, 6.45) is 2.31. The molecule has 0 aromatic heterocycles. The second-order valence-corrected chi connectivity index (χ2v) is 4.56. The van der Waals surface area contributed by atoms with Crippen molar-refractivity contribution in [3.05, 3.63) is 70.8 Å². The van der Waals surface area contributed by atoms with E-state index in [0.29, 0.717) is 0 Å². The van der Waals surface area contributed by atoms with Gasteiger partial charge in [-0.05, 0) is 48.9 Å². The highest BCUT2D eigenvalue weighted by molar-refractivity contribution is 5.26. The number of hydrogen-bond donors (Lipinski definition) is 0. The van der Waals surface area contributed by atoms with E-state index in [9.17, 15) is 0 Å². The van der Waals surface area contributed by atoms with Crippen molar-refractivity contribution in [3.8, 4) is 0 Å². The van der Waals surface area contributed by atoms with Crippen molar-refractivity contribution in [3.63, 3.8) is 0 Å². The molecule has 132 valence electrons. The summed E-state index contributed by atoms with van der Waals surface area (Å²) in [5.41, 5.74) is 5.72. The zero-order chi connectivity index (χ0) is 17.4. The highest BCUT2D eigenvalue weighted by atomic mass is 14.0. The first kappa shape index (κ1) is 26.3. The molecule has 0 unspecified atom stereocenters. The van der Waals surface area contributed by atoms with Gasteiger partial charge < -0.3 is 0 Å². The van der Waals surface area contributed by atoms with Crippen molar-refractivity contribution < 1.29 is 0 Å². The average molecular weight is 317 g/mol. The highest BCUT2D eigenvalue weighted by Gasteiger charge is 1.93. The average Bonchev–Trinajstić information content (AvgIpc) is 2.61. The first-order valence-corrected chi connectivity index (χ1v) is 8.78. The Hall–Kier alpha value is -1.56. The van der Waals surface area contributed by atoms with Crippen LogP contribution in [-0.4, -0.2) is 0 Å². The van der Waals surface area contributed by atoms with Gasteiger partial charge in [-0.25, -0.2) is 0 Å². The largest absolute Gasteiger partial charge is 0.0776 e. The van der Waals surface area contributed by atoms with Crippen molar-refractivity contribution >= 4 is 0 Å². The first-order chi connectivity index (χ1) is 10.7. The standard InChI is InChI=1S/C10H14.C8H10.2C2H6.CH4/c1-3-9-7-5-6-8-10(9)4-2;1-7-5-3-4-6-8(7)2;2*1-2;/h5-8H,3-4H2,1-2H3;3-6H,1-2H3;2*1-2H3;1H4. The van der Waals surface area contributed by atoms with E-state index in [1.165, 1.54) is 22.3 Å². The fraction of sp³-hybridized carbons (Fsp3) is 0.478. The van der Waals surface area contributed by atoms with Gasteiger partial charge in [-0.2, -0.15) is 0 Å². The van der Waals surface area contributed by atoms with Gasteiger partial charge in [0, 0.05) is 0 Å². The third-order valence-corrected chi connectivity index (χ3v) is 3.31. The molecule has 0 nitrogen and oxygen atoms in total. The molecule has 23 heavy (non-hydrogen) atoms. The quantitative estimate of drug-likeness (QED) is 0.530. The Morgan fingerprint density at radius 2 is 0.826 bits per heavy atom. The summed E-state index contributed by atoms with van der Waals surface area (Å²) in [4.78, 5) is 0. The molecule has 2 aromatic carbocycles. The zero-order valence-corrected chi connectivity index (χ0v) is 16.0. The van der Waals surface area contributed by atoms with Crippen LogP contribution in [0.3, 0.4) is 0 Å². The summed E-state index contributed by atoms with van der Waals surface area (Å²) >= 11 is 0. The molecule has 0 bridgehead atoms. The number of hydrogen-bond acceptors (Lipinski definition) is 0. The van der Waals surface area contributed by atoms with Gasteiger partial charge in [0.15, 0.2) is 0 Å². The van der Waals surface area contributed by atoms with Crippen molar-refractivity contribution in [1.29, 1.82) is 0 Å². The summed E-state index contributed by atoms with van der Waals surface area (Å²) in [7, 11) is 0. The topological polar surface area (TPSA) is 0 Å². The zero-order valence-electron chi connectivity index (χ0n) is 16.0. The lowest BCUT2D eigenvalue weighted by Gasteiger charge is -2.02. The number of aryl methyl sites for hydroxylation is 4. The van der Waals surface area contributed by atoms with E-state index in [-0.39, 0.29) is 7.43 Å². The fourth-order valence-electron chi connectivity index (χ4n) is 1.91. The van der Waals surface area contributed by atoms with Crippen LogP contribution in [0.2, 0.25) is 0 Å². The van der Waals surface area contributed by atoms with Crippen LogP contribution in [0.1, 0.15) is 71.2 Å². The molecule has 0 heterocycles. The second-order valence-electron chi connectivity index (χ2n) is 4.56. The van der Waals surface area contributed by atoms with Gasteiger partial charge in [-0.3, -0.25) is 0 Å². The molecule has 0 N–H and O–H groups in total. The molecular formula is C23H40. The molecule has 0 atom stereocenters. The lowest BCUT2D eigenvalue weighted by atomic mass is 10.0. The molecule has 0 heteroatoms. The number of rotatable bonds is 2. The summed E-state index contributed by atoms with van der Waals surface area (Å²) < 4.78 is 0. The second kappa shape index (κ2) is 18.5. The van der Waals surface area contributed by atoms with Crippen LogP contribution in [0, 0.1) is 13.8 Å². The van der Waals surface area contributed by atoms with Gasteiger partial charge >= 0.3 is 0 Å². The van der Waals surface area contributed by atoms with Crippen molar-refractivity contribution in [2.45, 2.75) is 75.7 Å². The maximum absolute atomic E-state index is 2.21. The molecule has 0 aliphatic carbocycles. The summed E-state index contributed by atoms with van der Waals surface area (Å²) in [5, 5.41) is 0. The Labute approximate surface area is 147 Å². The Bertz CT molecular complexity index is 425. The van der Waals surface area contributed by atoms with Crippen LogP contribution in [0.15, 0.2) is 48.5 Å². The van der Waals surface area contributed by atoms with E-state index >= 15 is 0 Å². The van der Waals surface area contributed by atoms with E-state index in [4.69, 9.17) is 0 Å². The molecule has 2 rings (SSSR count). The minimum Gasteiger partial charge on any atom is -0.0776 e. The van der Waals surface area contributed by atoms with Crippen molar-refractivity contribution in [2.24, 2.45) is 0 Å². The molecule has 0 saturated heterocycles. The highest BCUT2D eigenvalue weighted by Crippen LogP contribution is 2.09. The molecule has 0 spiro atoms. The molecule has 0 aliphatic heterocycles. The van der Waals surface area contributed by atoms with Gasteiger partial charge in [-0.1, -0.05) is 97.5 Å².